The van der Waals surface area contributed by atoms with E-state index >= 15 is 0 Å². The number of alkyl halides is 3. The molecule has 2 nitrogen and oxygen atoms in total. The lowest BCUT2D eigenvalue weighted by atomic mass is 10.1. The van der Waals surface area contributed by atoms with Crippen LogP contribution in [0.2, 0.25) is 0 Å². The van der Waals surface area contributed by atoms with Crippen molar-refractivity contribution in [2.75, 3.05) is 7.11 Å². The average Bonchev–Trinajstić information content (AvgIpc) is 3.07. The van der Waals surface area contributed by atoms with Crippen molar-refractivity contribution in [2.45, 2.75) is 38.0 Å². The lowest BCUT2D eigenvalue weighted by molar-refractivity contribution is -0.166. The van der Waals surface area contributed by atoms with Crippen LogP contribution in [0, 0.1) is 6.92 Å². The number of nitrogens with one attached hydrogen (secondary N) is 1. The van der Waals surface area contributed by atoms with Crippen LogP contribution in [0.15, 0.2) is 18.2 Å². The van der Waals surface area contributed by atoms with Crippen LogP contribution in [0.25, 0.3) is 0 Å². The van der Waals surface area contributed by atoms with Gasteiger partial charge in [-0.1, -0.05) is 12.1 Å². The second-order valence-corrected chi connectivity index (χ2v) is 4.74. The Kier molecular flexibility index (Phi) is 3.27. The average molecular weight is 259 g/mol. The summed E-state index contributed by atoms with van der Waals surface area (Å²) >= 11 is 0. The Morgan fingerprint density at radius 3 is 2.44 bits per heavy atom. The molecule has 0 unspecified atom stereocenters. The summed E-state index contributed by atoms with van der Waals surface area (Å²) < 4.78 is 43.3. The number of methoxy groups -OCH3 is 1. The largest absolute Gasteiger partial charge is 0.496 e. The van der Waals surface area contributed by atoms with Crippen molar-refractivity contribution >= 4 is 0 Å². The summed E-state index contributed by atoms with van der Waals surface area (Å²) in [6.07, 6.45) is -3.81. The Hall–Kier alpha value is -1.23. The molecule has 1 fully saturated rings. The molecule has 2 rings (SSSR count). The molecule has 1 saturated carbocycles. The SMILES string of the molecule is COc1ccc(CNC2(C(F)(F)F)CC2)cc1C. The second-order valence-electron chi connectivity index (χ2n) is 4.74. The van der Waals surface area contributed by atoms with E-state index in [0.717, 1.165) is 16.9 Å². The molecule has 1 aliphatic rings. The molecule has 5 heteroatoms. The molecule has 0 aliphatic heterocycles. The monoisotopic (exact) mass is 259 g/mol. The zero-order valence-corrected chi connectivity index (χ0v) is 10.4. The molecule has 0 saturated heterocycles. The van der Waals surface area contributed by atoms with Crippen molar-refractivity contribution in [1.82, 2.24) is 5.32 Å². The van der Waals surface area contributed by atoms with Crippen LogP contribution in [0.5, 0.6) is 5.75 Å². The molecule has 1 aromatic carbocycles. The minimum absolute atomic E-state index is 0.172. The number of aryl methyl sites for hydroxylation is 1. The van der Waals surface area contributed by atoms with Gasteiger partial charge < -0.3 is 4.74 Å². The van der Waals surface area contributed by atoms with Crippen molar-refractivity contribution in [3.63, 3.8) is 0 Å². The van der Waals surface area contributed by atoms with Crippen LogP contribution < -0.4 is 10.1 Å². The summed E-state index contributed by atoms with van der Waals surface area (Å²) in [7, 11) is 1.57. The van der Waals surface area contributed by atoms with E-state index in [-0.39, 0.29) is 19.4 Å². The molecule has 0 aromatic heterocycles. The van der Waals surface area contributed by atoms with Gasteiger partial charge in [0.1, 0.15) is 11.3 Å². The first-order valence-electron chi connectivity index (χ1n) is 5.83. The van der Waals surface area contributed by atoms with Gasteiger partial charge in [-0.2, -0.15) is 13.2 Å². The third-order valence-corrected chi connectivity index (χ3v) is 3.38. The molecule has 1 N–H and O–H groups in total. The summed E-state index contributed by atoms with van der Waals surface area (Å²) in [5.41, 5.74) is 0.110. The Morgan fingerprint density at radius 2 is 2.00 bits per heavy atom. The van der Waals surface area contributed by atoms with E-state index in [4.69, 9.17) is 4.74 Å². The van der Waals surface area contributed by atoms with Crippen LogP contribution in [0.3, 0.4) is 0 Å². The van der Waals surface area contributed by atoms with Crippen LogP contribution in [0.1, 0.15) is 24.0 Å². The maximum atomic E-state index is 12.7. The number of hydrogen-bond acceptors (Lipinski definition) is 2. The van der Waals surface area contributed by atoms with Crippen molar-refractivity contribution in [2.24, 2.45) is 0 Å². The summed E-state index contributed by atoms with van der Waals surface area (Å²) in [5, 5.41) is 2.63. The van der Waals surface area contributed by atoms with Gasteiger partial charge in [0, 0.05) is 6.54 Å². The summed E-state index contributed by atoms with van der Waals surface area (Å²) in [6.45, 7) is 2.10. The fourth-order valence-corrected chi connectivity index (χ4v) is 2.01. The second kappa shape index (κ2) is 4.46. The number of hydrogen-bond donors (Lipinski definition) is 1. The Balaban J connectivity index is 2.01. The van der Waals surface area contributed by atoms with E-state index in [1.165, 1.54) is 0 Å². The lowest BCUT2D eigenvalue weighted by Gasteiger charge is -2.21. The summed E-state index contributed by atoms with van der Waals surface area (Å²) in [4.78, 5) is 0. The number of halogens is 3. The van der Waals surface area contributed by atoms with Gasteiger partial charge in [-0.25, -0.2) is 0 Å². The smallest absolute Gasteiger partial charge is 0.406 e. The van der Waals surface area contributed by atoms with Crippen LogP contribution in [-0.4, -0.2) is 18.8 Å². The van der Waals surface area contributed by atoms with Gasteiger partial charge in [-0.05, 0) is 37.0 Å². The van der Waals surface area contributed by atoms with E-state index in [1.54, 1.807) is 19.2 Å². The molecule has 18 heavy (non-hydrogen) atoms. The van der Waals surface area contributed by atoms with E-state index in [2.05, 4.69) is 5.32 Å². The summed E-state index contributed by atoms with van der Waals surface area (Å²) in [5.74, 6) is 0.746. The van der Waals surface area contributed by atoms with Crippen molar-refractivity contribution < 1.29 is 17.9 Å². The third kappa shape index (κ3) is 2.46. The Labute approximate surface area is 104 Å². The summed E-state index contributed by atoms with van der Waals surface area (Å²) in [6, 6.07) is 5.41. The third-order valence-electron chi connectivity index (χ3n) is 3.38. The lowest BCUT2D eigenvalue weighted by Crippen LogP contribution is -2.44. The highest BCUT2D eigenvalue weighted by atomic mass is 19.4. The molecule has 1 aliphatic carbocycles. The fourth-order valence-electron chi connectivity index (χ4n) is 2.01. The minimum atomic E-state index is -4.16. The van der Waals surface area contributed by atoms with Gasteiger partial charge in [0.15, 0.2) is 0 Å². The van der Waals surface area contributed by atoms with Gasteiger partial charge in [0.2, 0.25) is 0 Å². The molecular formula is C13H16F3NO. The number of ether oxygens (including phenoxy) is 1. The van der Waals surface area contributed by atoms with Crippen molar-refractivity contribution in [1.29, 1.82) is 0 Å². The molecule has 1 aromatic rings. The van der Waals surface area contributed by atoms with Gasteiger partial charge in [0.05, 0.1) is 7.11 Å². The van der Waals surface area contributed by atoms with Crippen LogP contribution in [0.4, 0.5) is 13.2 Å². The van der Waals surface area contributed by atoms with Gasteiger partial charge >= 0.3 is 6.18 Å². The molecule has 0 amide bonds. The molecule has 0 bridgehead atoms. The molecule has 0 spiro atoms. The minimum Gasteiger partial charge on any atom is -0.496 e. The van der Waals surface area contributed by atoms with Crippen LogP contribution in [-0.2, 0) is 6.54 Å². The Bertz CT molecular complexity index is 438. The first-order chi connectivity index (χ1) is 8.38. The maximum Gasteiger partial charge on any atom is 0.406 e. The van der Waals surface area contributed by atoms with Gasteiger partial charge in [-0.3, -0.25) is 5.32 Å². The van der Waals surface area contributed by atoms with E-state index < -0.39 is 11.7 Å². The first kappa shape index (κ1) is 13.2. The fraction of sp³-hybridized carbons (Fsp3) is 0.538. The predicted octanol–water partition coefficient (Wildman–Crippen LogP) is 3.19. The van der Waals surface area contributed by atoms with E-state index in [9.17, 15) is 13.2 Å². The molecule has 0 heterocycles. The number of rotatable bonds is 4. The topological polar surface area (TPSA) is 21.3 Å². The number of benzene rings is 1. The van der Waals surface area contributed by atoms with E-state index in [0.29, 0.717) is 0 Å². The highest BCUT2D eigenvalue weighted by Crippen LogP contribution is 2.49. The Morgan fingerprint density at radius 1 is 1.33 bits per heavy atom. The van der Waals surface area contributed by atoms with Gasteiger partial charge in [-0.15, -0.1) is 0 Å². The predicted molar refractivity (Wildman–Crippen MR) is 62.6 cm³/mol. The quantitative estimate of drug-likeness (QED) is 0.896. The normalized spacial score (nSPS) is 17.6. The molecule has 100 valence electrons. The highest BCUT2D eigenvalue weighted by molar-refractivity contribution is 5.36. The maximum absolute atomic E-state index is 12.7. The zero-order chi connectivity index (χ0) is 13.4. The van der Waals surface area contributed by atoms with E-state index in [1.807, 2.05) is 13.0 Å². The molecular weight excluding hydrogens is 243 g/mol. The first-order valence-corrected chi connectivity index (χ1v) is 5.83. The van der Waals surface area contributed by atoms with Gasteiger partial charge in [0.25, 0.3) is 0 Å². The standard InChI is InChI=1S/C13H16F3NO/c1-9-7-10(3-4-11(9)18-2)8-17-12(5-6-12)13(14,15)16/h3-4,7,17H,5-6,8H2,1-2H3. The zero-order valence-electron chi connectivity index (χ0n) is 10.4. The highest BCUT2D eigenvalue weighted by Gasteiger charge is 2.62. The van der Waals surface area contributed by atoms with Crippen molar-refractivity contribution in [3.05, 3.63) is 29.3 Å². The van der Waals surface area contributed by atoms with Crippen LogP contribution >= 0.6 is 0 Å². The molecule has 0 atom stereocenters. The van der Waals surface area contributed by atoms with Crippen molar-refractivity contribution in [3.8, 4) is 5.75 Å². The molecule has 0 radical (unpaired) electrons.